The van der Waals surface area contributed by atoms with Crippen LogP contribution >= 0.6 is 11.6 Å². The van der Waals surface area contributed by atoms with Gasteiger partial charge in [0, 0.05) is 38.1 Å². The normalized spacial score (nSPS) is 14.7. The number of piperazine rings is 1. The van der Waals surface area contributed by atoms with Crippen LogP contribution in [0.3, 0.4) is 0 Å². The highest BCUT2D eigenvalue weighted by Gasteiger charge is 2.23. The molecule has 1 aliphatic rings. The highest BCUT2D eigenvalue weighted by atomic mass is 35.5. The van der Waals surface area contributed by atoms with Gasteiger partial charge in [0.15, 0.2) is 0 Å². The van der Waals surface area contributed by atoms with E-state index < -0.39 is 0 Å². The van der Waals surface area contributed by atoms with E-state index in [1.807, 2.05) is 31.2 Å². The maximum Gasteiger partial charge on any atom is 0.322 e. The zero-order valence-electron chi connectivity index (χ0n) is 15.4. The summed E-state index contributed by atoms with van der Waals surface area (Å²) in [7, 11) is 0. The van der Waals surface area contributed by atoms with Crippen LogP contribution in [-0.2, 0) is 0 Å². The van der Waals surface area contributed by atoms with Gasteiger partial charge in [-0.2, -0.15) is 0 Å². The molecule has 0 radical (unpaired) electrons. The summed E-state index contributed by atoms with van der Waals surface area (Å²) < 4.78 is 0. The third-order valence-corrected chi connectivity index (χ3v) is 5.04. The third kappa shape index (κ3) is 4.07. The number of aromatic nitrogens is 2. The van der Waals surface area contributed by atoms with Crippen molar-refractivity contribution in [3.05, 3.63) is 46.7 Å². The van der Waals surface area contributed by atoms with E-state index in [-0.39, 0.29) is 6.03 Å². The molecule has 0 saturated carbocycles. The first kappa shape index (κ1) is 18.5. The molecule has 2 aromatic rings. The summed E-state index contributed by atoms with van der Waals surface area (Å²) in [6.45, 7) is 8.79. The van der Waals surface area contributed by atoms with E-state index in [9.17, 15) is 4.79 Å². The van der Waals surface area contributed by atoms with Crippen molar-refractivity contribution in [3.63, 3.8) is 0 Å². The molecule has 6 nitrogen and oxygen atoms in total. The average Bonchev–Trinajstić information content (AvgIpc) is 2.65. The zero-order valence-corrected chi connectivity index (χ0v) is 16.1. The van der Waals surface area contributed by atoms with Crippen molar-refractivity contribution in [3.8, 4) is 0 Å². The number of benzene rings is 1. The number of nitrogens with zero attached hydrogens (tertiary/aromatic N) is 4. The van der Waals surface area contributed by atoms with Crippen LogP contribution in [-0.4, -0.2) is 47.1 Å². The lowest BCUT2D eigenvalue weighted by Gasteiger charge is -2.34. The Balaban J connectivity index is 1.60. The lowest BCUT2D eigenvalue weighted by Crippen LogP contribution is -2.50. The Morgan fingerprint density at radius 2 is 1.92 bits per heavy atom. The highest BCUT2D eigenvalue weighted by Crippen LogP contribution is 2.25. The van der Waals surface area contributed by atoms with E-state index in [4.69, 9.17) is 11.6 Å². The number of carbonyl (C=O) groups excluding carboxylic acids is 1. The van der Waals surface area contributed by atoms with Crippen molar-refractivity contribution >= 4 is 29.3 Å². The van der Waals surface area contributed by atoms with Crippen LogP contribution in [0.2, 0.25) is 5.02 Å². The maximum atomic E-state index is 12.5. The second-order valence-corrected chi connectivity index (χ2v) is 7.15. The van der Waals surface area contributed by atoms with E-state index >= 15 is 0 Å². The van der Waals surface area contributed by atoms with Crippen LogP contribution in [0.4, 0.5) is 16.4 Å². The van der Waals surface area contributed by atoms with Gasteiger partial charge < -0.3 is 15.1 Å². The molecule has 1 aromatic carbocycles. The van der Waals surface area contributed by atoms with Gasteiger partial charge in [0.1, 0.15) is 0 Å². The van der Waals surface area contributed by atoms with Crippen LogP contribution in [0, 0.1) is 6.92 Å². The number of nitrogens with one attached hydrogen (secondary N) is 1. The Labute approximate surface area is 159 Å². The third-order valence-electron chi connectivity index (χ3n) is 4.54. The molecule has 1 aliphatic heterocycles. The standard InChI is InChI=1S/C19H24ClN5O/c1-13(2)15-7-8-21-18(22-15)24-9-11-25(12-10-24)19(26)23-16-6-4-5-14(3)17(16)20/h4-8,13H,9-12H2,1-3H3,(H,23,26). The lowest BCUT2D eigenvalue weighted by atomic mass is 10.1. The van der Waals surface area contributed by atoms with Crippen molar-refractivity contribution in [2.45, 2.75) is 26.7 Å². The molecule has 0 atom stereocenters. The largest absolute Gasteiger partial charge is 0.337 e. The van der Waals surface area contributed by atoms with Gasteiger partial charge in [-0.15, -0.1) is 0 Å². The van der Waals surface area contributed by atoms with Crippen LogP contribution in [0.25, 0.3) is 0 Å². The van der Waals surface area contributed by atoms with Crippen LogP contribution in [0.5, 0.6) is 0 Å². The Morgan fingerprint density at radius 3 is 2.62 bits per heavy atom. The van der Waals surface area contributed by atoms with E-state index in [0.29, 0.717) is 42.8 Å². The summed E-state index contributed by atoms with van der Waals surface area (Å²) in [6, 6.07) is 7.43. The number of hydrogen-bond donors (Lipinski definition) is 1. The van der Waals surface area contributed by atoms with Gasteiger partial charge in [0.05, 0.1) is 10.7 Å². The van der Waals surface area contributed by atoms with Crippen molar-refractivity contribution < 1.29 is 4.79 Å². The maximum absolute atomic E-state index is 12.5. The molecular formula is C19H24ClN5O. The minimum Gasteiger partial charge on any atom is -0.337 e. The number of rotatable bonds is 3. The summed E-state index contributed by atoms with van der Waals surface area (Å²) >= 11 is 6.26. The number of halogens is 1. The lowest BCUT2D eigenvalue weighted by molar-refractivity contribution is 0.208. The molecule has 1 aromatic heterocycles. The van der Waals surface area contributed by atoms with Crippen molar-refractivity contribution in [2.24, 2.45) is 0 Å². The summed E-state index contributed by atoms with van der Waals surface area (Å²) in [4.78, 5) is 25.5. The quantitative estimate of drug-likeness (QED) is 0.885. The fourth-order valence-corrected chi connectivity index (χ4v) is 3.06. The fourth-order valence-electron chi connectivity index (χ4n) is 2.88. The van der Waals surface area contributed by atoms with Gasteiger partial charge in [0.25, 0.3) is 0 Å². The molecule has 0 bridgehead atoms. The Kier molecular flexibility index (Phi) is 5.61. The number of amides is 2. The average molecular weight is 374 g/mol. The van der Waals surface area contributed by atoms with Gasteiger partial charge in [-0.3, -0.25) is 0 Å². The molecule has 7 heteroatoms. The molecule has 26 heavy (non-hydrogen) atoms. The Morgan fingerprint density at radius 1 is 1.19 bits per heavy atom. The van der Waals surface area contributed by atoms with Crippen molar-refractivity contribution in [1.29, 1.82) is 0 Å². The van der Waals surface area contributed by atoms with E-state index in [2.05, 4.69) is 34.0 Å². The number of carbonyl (C=O) groups is 1. The molecule has 1 N–H and O–H groups in total. The zero-order chi connectivity index (χ0) is 18.7. The van der Waals surface area contributed by atoms with Gasteiger partial charge >= 0.3 is 6.03 Å². The van der Waals surface area contributed by atoms with Crippen molar-refractivity contribution in [1.82, 2.24) is 14.9 Å². The van der Waals surface area contributed by atoms with Gasteiger partial charge in [0.2, 0.25) is 5.95 Å². The SMILES string of the molecule is Cc1cccc(NC(=O)N2CCN(c3nccc(C(C)C)n3)CC2)c1Cl. The summed E-state index contributed by atoms with van der Waals surface area (Å²) in [5.41, 5.74) is 2.62. The monoisotopic (exact) mass is 373 g/mol. The summed E-state index contributed by atoms with van der Waals surface area (Å²) in [5.74, 6) is 1.10. The second kappa shape index (κ2) is 7.91. The first-order valence-electron chi connectivity index (χ1n) is 8.84. The molecule has 2 heterocycles. The molecule has 2 amide bonds. The van der Waals surface area contributed by atoms with Gasteiger partial charge in [-0.1, -0.05) is 37.6 Å². The molecule has 1 fully saturated rings. The summed E-state index contributed by atoms with van der Waals surface area (Å²) in [5, 5.41) is 3.49. The van der Waals surface area contributed by atoms with Crippen LogP contribution in [0.15, 0.2) is 30.5 Å². The predicted octanol–water partition coefficient (Wildman–Crippen LogP) is 3.92. The Bertz CT molecular complexity index is 787. The number of anilines is 2. The molecule has 3 rings (SSSR count). The molecule has 1 saturated heterocycles. The first-order valence-corrected chi connectivity index (χ1v) is 9.22. The molecule has 0 aliphatic carbocycles. The first-order chi connectivity index (χ1) is 12.5. The minimum absolute atomic E-state index is 0.131. The van der Waals surface area contributed by atoms with E-state index in [1.165, 1.54) is 0 Å². The topological polar surface area (TPSA) is 61.4 Å². The van der Waals surface area contributed by atoms with Crippen molar-refractivity contribution in [2.75, 3.05) is 36.4 Å². The molecule has 0 spiro atoms. The van der Waals surface area contributed by atoms with E-state index in [1.54, 1.807) is 11.1 Å². The van der Waals surface area contributed by atoms with Gasteiger partial charge in [-0.05, 0) is 30.5 Å². The Hall–Kier alpha value is -2.34. The number of aryl methyl sites for hydroxylation is 1. The molecule has 0 unspecified atom stereocenters. The second-order valence-electron chi connectivity index (χ2n) is 6.78. The number of hydrogen-bond acceptors (Lipinski definition) is 4. The molecular weight excluding hydrogens is 350 g/mol. The van der Waals surface area contributed by atoms with E-state index in [0.717, 1.165) is 17.2 Å². The fraction of sp³-hybridized carbons (Fsp3) is 0.421. The highest BCUT2D eigenvalue weighted by molar-refractivity contribution is 6.34. The molecule has 138 valence electrons. The van der Waals surface area contributed by atoms with Crippen LogP contribution in [0.1, 0.15) is 31.0 Å². The minimum atomic E-state index is -0.131. The number of urea groups is 1. The van der Waals surface area contributed by atoms with Crippen LogP contribution < -0.4 is 10.2 Å². The summed E-state index contributed by atoms with van der Waals surface area (Å²) in [6.07, 6.45) is 1.80. The smallest absolute Gasteiger partial charge is 0.322 e. The predicted molar refractivity (Wildman–Crippen MR) is 105 cm³/mol. The van der Waals surface area contributed by atoms with Gasteiger partial charge in [-0.25, -0.2) is 14.8 Å².